The number of nitrogens with one attached hydrogen (secondary N) is 1. The number of amides is 3. The Bertz CT molecular complexity index is 787. The molecule has 0 aromatic heterocycles. The SMILES string of the molecule is CC(C)C[C@@H](C(=O)O[C@H](C)C(=O)NCC(F)(F)F)N1C(=O)c2ccccc2C1=O. The number of imide groups is 1. The number of halogens is 3. The summed E-state index contributed by atoms with van der Waals surface area (Å²) < 4.78 is 41.7. The number of ether oxygens (including phenoxy) is 1. The Morgan fingerprint density at radius 3 is 2.03 bits per heavy atom. The van der Waals surface area contributed by atoms with Gasteiger partial charge in [-0.1, -0.05) is 26.0 Å². The molecule has 1 aromatic carbocycles. The van der Waals surface area contributed by atoms with Gasteiger partial charge in [0.25, 0.3) is 17.7 Å². The van der Waals surface area contributed by atoms with Crippen molar-refractivity contribution in [3.05, 3.63) is 35.4 Å². The first-order valence-electron chi connectivity index (χ1n) is 8.94. The zero-order valence-corrected chi connectivity index (χ0v) is 16.1. The Morgan fingerprint density at radius 1 is 1.07 bits per heavy atom. The van der Waals surface area contributed by atoms with E-state index in [1.165, 1.54) is 12.1 Å². The van der Waals surface area contributed by atoms with E-state index in [9.17, 15) is 32.3 Å². The summed E-state index contributed by atoms with van der Waals surface area (Å²) in [6.07, 6.45) is -6.07. The fraction of sp³-hybridized carbons (Fsp3) is 0.474. The molecule has 0 bridgehead atoms. The Balaban J connectivity index is 2.16. The zero-order valence-electron chi connectivity index (χ0n) is 16.1. The van der Waals surface area contributed by atoms with Gasteiger partial charge in [0.2, 0.25) is 0 Å². The fourth-order valence-electron chi connectivity index (χ4n) is 2.88. The van der Waals surface area contributed by atoms with Gasteiger partial charge >= 0.3 is 12.1 Å². The number of alkyl halides is 3. The van der Waals surface area contributed by atoms with Gasteiger partial charge in [-0.3, -0.25) is 19.3 Å². The van der Waals surface area contributed by atoms with Crippen molar-refractivity contribution in [3.63, 3.8) is 0 Å². The van der Waals surface area contributed by atoms with Crippen molar-refractivity contribution in [2.75, 3.05) is 6.54 Å². The van der Waals surface area contributed by atoms with Crippen LogP contribution in [0.5, 0.6) is 0 Å². The maximum atomic E-state index is 12.7. The number of hydrogen-bond acceptors (Lipinski definition) is 5. The predicted octanol–water partition coefficient (Wildman–Crippen LogP) is 2.31. The third-order valence-electron chi connectivity index (χ3n) is 4.23. The van der Waals surface area contributed by atoms with E-state index in [2.05, 4.69) is 0 Å². The normalized spacial score (nSPS) is 15.9. The third kappa shape index (κ3) is 5.33. The van der Waals surface area contributed by atoms with Gasteiger partial charge < -0.3 is 10.1 Å². The molecule has 10 heteroatoms. The molecule has 0 saturated heterocycles. The van der Waals surface area contributed by atoms with Crippen LogP contribution < -0.4 is 5.32 Å². The Labute approximate surface area is 165 Å². The summed E-state index contributed by atoms with van der Waals surface area (Å²) in [4.78, 5) is 50.5. The summed E-state index contributed by atoms with van der Waals surface area (Å²) in [5.41, 5.74) is 0.296. The lowest BCUT2D eigenvalue weighted by Crippen LogP contribution is -2.48. The van der Waals surface area contributed by atoms with Crippen LogP contribution in [0.3, 0.4) is 0 Å². The molecule has 1 heterocycles. The van der Waals surface area contributed by atoms with Crippen LogP contribution in [0.4, 0.5) is 13.2 Å². The topological polar surface area (TPSA) is 92.8 Å². The minimum absolute atomic E-state index is 0.0706. The van der Waals surface area contributed by atoms with Crippen molar-refractivity contribution in [2.45, 2.75) is 45.5 Å². The van der Waals surface area contributed by atoms with Crippen molar-refractivity contribution >= 4 is 23.7 Å². The summed E-state index contributed by atoms with van der Waals surface area (Å²) in [5, 5.41) is 1.62. The largest absolute Gasteiger partial charge is 0.451 e. The highest BCUT2D eigenvalue weighted by molar-refractivity contribution is 6.22. The zero-order chi connectivity index (χ0) is 21.9. The average Bonchev–Trinajstić information content (AvgIpc) is 2.88. The highest BCUT2D eigenvalue weighted by Gasteiger charge is 2.44. The summed E-state index contributed by atoms with van der Waals surface area (Å²) >= 11 is 0. The quantitative estimate of drug-likeness (QED) is 0.546. The van der Waals surface area contributed by atoms with Crippen LogP contribution in [0.1, 0.15) is 47.9 Å². The van der Waals surface area contributed by atoms with Crippen LogP contribution in [0.15, 0.2) is 24.3 Å². The van der Waals surface area contributed by atoms with E-state index in [4.69, 9.17) is 4.74 Å². The standard InChI is InChI=1S/C19H21F3N2O5/c1-10(2)8-14(18(28)29-11(3)15(25)23-9-19(20,21)22)24-16(26)12-6-4-5-7-13(12)17(24)27/h4-7,10-11,14H,8-9H2,1-3H3,(H,23,25)/t11-,14+/m1/s1. The van der Waals surface area contributed by atoms with Gasteiger partial charge in [0, 0.05) is 0 Å². The molecule has 2 atom stereocenters. The van der Waals surface area contributed by atoms with Crippen LogP contribution in [-0.4, -0.2) is 53.5 Å². The second-order valence-corrected chi connectivity index (χ2v) is 7.08. The minimum atomic E-state index is -4.61. The molecule has 3 amide bonds. The summed E-state index contributed by atoms with van der Waals surface area (Å²) in [6.45, 7) is 3.07. The maximum Gasteiger partial charge on any atom is 0.405 e. The summed E-state index contributed by atoms with van der Waals surface area (Å²) in [5.74, 6) is -3.62. The van der Waals surface area contributed by atoms with E-state index in [0.717, 1.165) is 11.8 Å². The lowest BCUT2D eigenvalue weighted by molar-refractivity contribution is -0.161. The second-order valence-electron chi connectivity index (χ2n) is 7.08. The molecule has 158 valence electrons. The Morgan fingerprint density at radius 2 is 1.59 bits per heavy atom. The monoisotopic (exact) mass is 414 g/mol. The van der Waals surface area contributed by atoms with E-state index in [1.54, 1.807) is 31.3 Å². The number of rotatable bonds is 7. The van der Waals surface area contributed by atoms with Crippen molar-refractivity contribution in [1.82, 2.24) is 10.2 Å². The van der Waals surface area contributed by atoms with Gasteiger partial charge in [0.05, 0.1) is 11.1 Å². The van der Waals surface area contributed by atoms with Gasteiger partial charge in [-0.15, -0.1) is 0 Å². The average molecular weight is 414 g/mol. The van der Waals surface area contributed by atoms with E-state index in [-0.39, 0.29) is 23.5 Å². The van der Waals surface area contributed by atoms with E-state index in [0.29, 0.717) is 0 Å². The van der Waals surface area contributed by atoms with Crippen LogP contribution in [0.25, 0.3) is 0 Å². The number of benzene rings is 1. The highest BCUT2D eigenvalue weighted by atomic mass is 19.4. The number of nitrogens with zero attached hydrogens (tertiary/aromatic N) is 1. The lowest BCUT2D eigenvalue weighted by Gasteiger charge is -2.27. The smallest absolute Gasteiger partial charge is 0.405 e. The third-order valence-corrected chi connectivity index (χ3v) is 4.23. The molecule has 1 aromatic rings. The number of esters is 1. The van der Waals surface area contributed by atoms with Crippen LogP contribution in [-0.2, 0) is 14.3 Å². The maximum absolute atomic E-state index is 12.7. The first-order chi connectivity index (χ1) is 13.4. The van der Waals surface area contributed by atoms with Gasteiger partial charge in [-0.05, 0) is 31.4 Å². The minimum Gasteiger partial charge on any atom is -0.451 e. The van der Waals surface area contributed by atoms with Gasteiger partial charge in [0.1, 0.15) is 12.6 Å². The molecular weight excluding hydrogens is 393 g/mol. The first-order valence-corrected chi connectivity index (χ1v) is 8.94. The van der Waals surface area contributed by atoms with Crippen LogP contribution in [0.2, 0.25) is 0 Å². The van der Waals surface area contributed by atoms with Crippen LogP contribution in [0, 0.1) is 5.92 Å². The highest BCUT2D eigenvalue weighted by Crippen LogP contribution is 2.27. The first kappa shape index (κ1) is 22.4. The molecular formula is C19H21F3N2O5. The molecule has 1 aliphatic rings. The van der Waals surface area contributed by atoms with Gasteiger partial charge in [0.15, 0.2) is 6.10 Å². The molecule has 0 aliphatic carbocycles. The second kappa shape index (κ2) is 8.62. The fourth-order valence-corrected chi connectivity index (χ4v) is 2.88. The molecule has 7 nitrogen and oxygen atoms in total. The Kier molecular flexibility index (Phi) is 6.66. The molecule has 0 radical (unpaired) electrons. The lowest BCUT2D eigenvalue weighted by atomic mass is 10.0. The van der Waals surface area contributed by atoms with Crippen molar-refractivity contribution < 1.29 is 37.1 Å². The molecule has 0 saturated carbocycles. The van der Waals surface area contributed by atoms with Crippen LogP contribution >= 0.6 is 0 Å². The van der Waals surface area contributed by atoms with E-state index < -0.39 is 48.6 Å². The van der Waals surface area contributed by atoms with Crippen molar-refractivity contribution in [1.29, 1.82) is 0 Å². The van der Waals surface area contributed by atoms with E-state index in [1.807, 2.05) is 0 Å². The summed E-state index contributed by atoms with van der Waals surface area (Å²) in [6, 6.07) is 4.77. The molecule has 29 heavy (non-hydrogen) atoms. The molecule has 0 spiro atoms. The molecule has 0 fully saturated rings. The summed E-state index contributed by atoms with van der Waals surface area (Å²) in [7, 11) is 0. The van der Waals surface area contributed by atoms with Gasteiger partial charge in [-0.2, -0.15) is 13.2 Å². The number of carbonyl (C=O) groups is 4. The van der Waals surface area contributed by atoms with Crippen molar-refractivity contribution in [3.8, 4) is 0 Å². The molecule has 2 rings (SSSR count). The number of fused-ring (bicyclic) bond motifs is 1. The number of carbonyl (C=O) groups excluding carboxylic acids is 4. The molecule has 1 aliphatic heterocycles. The van der Waals surface area contributed by atoms with E-state index >= 15 is 0 Å². The van der Waals surface area contributed by atoms with Gasteiger partial charge in [-0.25, -0.2) is 4.79 Å². The van der Waals surface area contributed by atoms with Crippen molar-refractivity contribution in [2.24, 2.45) is 5.92 Å². The number of hydrogen-bond donors (Lipinski definition) is 1. The Hall–Kier alpha value is -2.91. The molecule has 1 N–H and O–H groups in total. The molecule has 0 unspecified atom stereocenters. The predicted molar refractivity (Wildman–Crippen MR) is 94.8 cm³/mol.